The molecule has 0 aliphatic heterocycles. The molecule has 0 amide bonds. The van der Waals surface area contributed by atoms with Gasteiger partial charge in [0.05, 0.1) is 23.5 Å². The van der Waals surface area contributed by atoms with Crippen LogP contribution in [0.2, 0.25) is 0 Å². The molecule has 7 heteroatoms. The SMILES string of the molecule is Cc1cc(OCC(C)(C)C(=O)O)ncc1-c1cnc(C=O)cn1. The van der Waals surface area contributed by atoms with Crippen LogP contribution < -0.4 is 4.74 Å². The molecule has 0 aromatic carbocycles. The molecule has 0 radical (unpaired) electrons. The highest BCUT2D eigenvalue weighted by Crippen LogP contribution is 2.24. The molecule has 0 aliphatic carbocycles. The Morgan fingerprint density at radius 2 is 2.00 bits per heavy atom. The second-order valence-electron chi connectivity index (χ2n) is 5.76. The molecule has 0 spiro atoms. The third-order valence-corrected chi connectivity index (χ3v) is 3.31. The van der Waals surface area contributed by atoms with Gasteiger partial charge in [0.2, 0.25) is 5.88 Å². The maximum atomic E-state index is 11.1. The van der Waals surface area contributed by atoms with Gasteiger partial charge in [-0.1, -0.05) is 0 Å². The zero-order chi connectivity index (χ0) is 17.0. The van der Waals surface area contributed by atoms with Crippen molar-refractivity contribution in [1.82, 2.24) is 15.0 Å². The van der Waals surface area contributed by atoms with Crippen molar-refractivity contribution in [1.29, 1.82) is 0 Å². The molecule has 0 aliphatic rings. The lowest BCUT2D eigenvalue weighted by Gasteiger charge is -2.19. The van der Waals surface area contributed by atoms with Crippen molar-refractivity contribution in [2.24, 2.45) is 5.41 Å². The predicted molar refractivity (Wildman–Crippen MR) is 82.3 cm³/mol. The fourth-order valence-electron chi connectivity index (χ4n) is 1.73. The number of pyridine rings is 1. The highest BCUT2D eigenvalue weighted by molar-refractivity contribution is 5.74. The van der Waals surface area contributed by atoms with E-state index in [1.165, 1.54) is 12.4 Å². The van der Waals surface area contributed by atoms with E-state index in [1.807, 2.05) is 6.92 Å². The van der Waals surface area contributed by atoms with Crippen molar-refractivity contribution in [3.63, 3.8) is 0 Å². The topological polar surface area (TPSA) is 102 Å². The first-order valence-corrected chi connectivity index (χ1v) is 6.94. The Bertz CT molecular complexity index is 727. The van der Waals surface area contributed by atoms with E-state index in [0.717, 1.165) is 11.1 Å². The molecule has 0 atom stereocenters. The highest BCUT2D eigenvalue weighted by atomic mass is 16.5. The molecule has 2 rings (SSSR count). The maximum Gasteiger partial charge on any atom is 0.312 e. The Balaban J connectivity index is 2.17. The lowest BCUT2D eigenvalue weighted by Crippen LogP contribution is -2.30. The molecule has 23 heavy (non-hydrogen) atoms. The van der Waals surface area contributed by atoms with Crippen molar-refractivity contribution >= 4 is 12.3 Å². The molecular weight excluding hydrogens is 298 g/mol. The molecule has 120 valence electrons. The summed E-state index contributed by atoms with van der Waals surface area (Å²) in [5.74, 6) is -0.588. The summed E-state index contributed by atoms with van der Waals surface area (Å²) in [6.07, 6.45) is 5.11. The van der Waals surface area contributed by atoms with Crippen LogP contribution in [0.15, 0.2) is 24.7 Å². The van der Waals surface area contributed by atoms with Crippen LogP contribution in [0.25, 0.3) is 11.3 Å². The van der Waals surface area contributed by atoms with Gasteiger partial charge in [-0.25, -0.2) is 9.97 Å². The standard InChI is InChI=1S/C16H17N3O4/c1-10-4-14(23-9-16(2,3)15(21)22)19-6-12(10)13-7-17-11(8-20)5-18-13/h4-8H,9H2,1-3H3,(H,21,22). The Morgan fingerprint density at radius 3 is 2.52 bits per heavy atom. The molecule has 0 fully saturated rings. The number of carboxylic acid groups (broad SMARTS) is 1. The number of aldehydes is 1. The highest BCUT2D eigenvalue weighted by Gasteiger charge is 2.28. The average Bonchev–Trinajstić information content (AvgIpc) is 2.53. The Hall–Kier alpha value is -2.83. The van der Waals surface area contributed by atoms with Crippen molar-refractivity contribution in [2.45, 2.75) is 20.8 Å². The Kier molecular flexibility index (Phi) is 4.68. The quantitative estimate of drug-likeness (QED) is 0.815. The molecule has 2 aromatic heterocycles. The number of nitrogens with zero attached hydrogens (tertiary/aromatic N) is 3. The zero-order valence-electron chi connectivity index (χ0n) is 13.1. The van der Waals surface area contributed by atoms with Crippen molar-refractivity contribution in [3.05, 3.63) is 35.9 Å². The molecule has 1 N–H and O–H groups in total. The number of aliphatic carboxylic acids is 1. The van der Waals surface area contributed by atoms with E-state index < -0.39 is 11.4 Å². The number of carbonyl (C=O) groups excluding carboxylic acids is 1. The van der Waals surface area contributed by atoms with Gasteiger partial charge in [0.1, 0.15) is 12.3 Å². The van der Waals surface area contributed by atoms with E-state index in [9.17, 15) is 9.59 Å². The number of hydrogen-bond donors (Lipinski definition) is 1. The molecule has 2 aromatic rings. The van der Waals surface area contributed by atoms with E-state index in [2.05, 4.69) is 15.0 Å². The number of aryl methyl sites for hydroxylation is 1. The lowest BCUT2D eigenvalue weighted by molar-refractivity contribution is -0.148. The summed E-state index contributed by atoms with van der Waals surface area (Å²) in [5.41, 5.74) is 1.48. The fourth-order valence-corrected chi connectivity index (χ4v) is 1.73. The van der Waals surface area contributed by atoms with E-state index in [-0.39, 0.29) is 12.3 Å². The van der Waals surface area contributed by atoms with Crippen molar-refractivity contribution in [2.75, 3.05) is 6.61 Å². The van der Waals surface area contributed by atoms with Crippen LogP contribution in [0.5, 0.6) is 5.88 Å². The van der Waals surface area contributed by atoms with Crippen LogP contribution in [0.1, 0.15) is 29.9 Å². The lowest BCUT2D eigenvalue weighted by atomic mass is 9.95. The number of rotatable bonds is 6. The molecule has 0 saturated heterocycles. The van der Waals surface area contributed by atoms with Gasteiger partial charge in [-0.2, -0.15) is 0 Å². The van der Waals surface area contributed by atoms with Crippen LogP contribution >= 0.6 is 0 Å². The zero-order valence-corrected chi connectivity index (χ0v) is 13.1. The van der Waals surface area contributed by atoms with Crippen LogP contribution in [-0.2, 0) is 4.79 Å². The largest absolute Gasteiger partial charge is 0.481 e. The number of carboxylic acids is 1. The first-order valence-electron chi connectivity index (χ1n) is 6.94. The van der Waals surface area contributed by atoms with Crippen LogP contribution in [0, 0.1) is 12.3 Å². The third-order valence-electron chi connectivity index (χ3n) is 3.31. The third kappa shape index (κ3) is 3.88. The first-order chi connectivity index (χ1) is 10.8. The Morgan fingerprint density at radius 1 is 1.26 bits per heavy atom. The van der Waals surface area contributed by atoms with Gasteiger partial charge in [0, 0.05) is 17.8 Å². The molecule has 0 bridgehead atoms. The molecule has 0 unspecified atom stereocenters. The van der Waals surface area contributed by atoms with Crippen molar-refractivity contribution < 1.29 is 19.4 Å². The van der Waals surface area contributed by atoms with Gasteiger partial charge in [0.15, 0.2) is 6.29 Å². The van der Waals surface area contributed by atoms with Crippen LogP contribution in [-0.4, -0.2) is 38.9 Å². The van der Waals surface area contributed by atoms with E-state index in [1.54, 1.807) is 26.1 Å². The van der Waals surface area contributed by atoms with Gasteiger partial charge in [0.25, 0.3) is 0 Å². The number of carbonyl (C=O) groups is 2. The summed E-state index contributed by atoms with van der Waals surface area (Å²) >= 11 is 0. The summed E-state index contributed by atoms with van der Waals surface area (Å²) < 4.78 is 5.47. The average molecular weight is 315 g/mol. The molecule has 0 saturated carbocycles. The number of aromatic nitrogens is 3. The van der Waals surface area contributed by atoms with Crippen LogP contribution in [0.3, 0.4) is 0 Å². The second-order valence-corrected chi connectivity index (χ2v) is 5.76. The number of hydrogen-bond acceptors (Lipinski definition) is 6. The maximum absolute atomic E-state index is 11.1. The van der Waals surface area contributed by atoms with Crippen LogP contribution in [0.4, 0.5) is 0 Å². The van der Waals surface area contributed by atoms with E-state index >= 15 is 0 Å². The summed E-state index contributed by atoms with van der Waals surface area (Å²) in [5, 5.41) is 9.07. The van der Waals surface area contributed by atoms with Gasteiger partial charge >= 0.3 is 5.97 Å². The van der Waals surface area contributed by atoms with Gasteiger partial charge < -0.3 is 9.84 Å². The normalized spacial score (nSPS) is 11.1. The summed E-state index contributed by atoms with van der Waals surface area (Å²) in [4.78, 5) is 34.0. The minimum Gasteiger partial charge on any atom is -0.481 e. The molecular formula is C16H17N3O4. The Labute approximate surface area is 133 Å². The fraction of sp³-hybridized carbons (Fsp3) is 0.312. The monoisotopic (exact) mass is 315 g/mol. The summed E-state index contributed by atoms with van der Waals surface area (Å²) in [6, 6.07) is 1.71. The summed E-state index contributed by atoms with van der Waals surface area (Å²) in [6.45, 7) is 5.05. The minimum absolute atomic E-state index is 0.0158. The molecule has 7 nitrogen and oxygen atoms in total. The second kappa shape index (κ2) is 6.51. The van der Waals surface area contributed by atoms with Gasteiger partial charge in [-0.15, -0.1) is 0 Å². The van der Waals surface area contributed by atoms with E-state index in [0.29, 0.717) is 17.9 Å². The summed E-state index contributed by atoms with van der Waals surface area (Å²) in [7, 11) is 0. The molecule has 2 heterocycles. The predicted octanol–water partition coefficient (Wildman–Crippen LogP) is 2.15. The number of ether oxygens (including phenoxy) is 1. The van der Waals surface area contributed by atoms with Gasteiger partial charge in [-0.05, 0) is 26.3 Å². The smallest absolute Gasteiger partial charge is 0.312 e. The van der Waals surface area contributed by atoms with Gasteiger partial charge in [-0.3, -0.25) is 14.6 Å². The minimum atomic E-state index is -0.996. The van der Waals surface area contributed by atoms with Crippen molar-refractivity contribution in [3.8, 4) is 17.1 Å². The first kappa shape index (κ1) is 16.5. The van der Waals surface area contributed by atoms with E-state index in [4.69, 9.17) is 9.84 Å².